The number of carbonyl (C=O) groups excluding carboxylic acids is 1. The van der Waals surface area contributed by atoms with Gasteiger partial charge in [-0.1, -0.05) is 11.6 Å². The molecule has 21 heavy (non-hydrogen) atoms. The highest BCUT2D eigenvalue weighted by Crippen LogP contribution is 2.19. The summed E-state index contributed by atoms with van der Waals surface area (Å²) in [7, 11) is -3.42. The van der Waals surface area contributed by atoms with Crippen LogP contribution in [0.15, 0.2) is 18.2 Å². The zero-order valence-corrected chi connectivity index (χ0v) is 13.6. The third-order valence-corrected chi connectivity index (χ3v) is 3.70. The number of aryl methyl sites for hydroxylation is 1. The summed E-state index contributed by atoms with van der Waals surface area (Å²) in [4.78, 5) is 12.3. The van der Waals surface area contributed by atoms with Gasteiger partial charge in [0, 0.05) is 12.6 Å². The molecule has 2 rings (SSSR count). The van der Waals surface area contributed by atoms with Crippen LogP contribution < -0.4 is 15.4 Å². The third kappa shape index (κ3) is 5.18. The van der Waals surface area contributed by atoms with Crippen LogP contribution in [-0.4, -0.2) is 39.7 Å². The molecule has 1 aromatic carbocycles. The molecule has 1 atom stereocenters. The van der Waals surface area contributed by atoms with Crippen LogP contribution in [0.1, 0.15) is 22.3 Å². The number of carbonyl (C=O) groups is 1. The quantitative estimate of drug-likeness (QED) is 0.763. The molecule has 0 aromatic heterocycles. The average Bonchev–Trinajstić information content (AvgIpc) is 2.82. The fraction of sp³-hybridized carbons (Fsp3) is 0.462. The first-order valence-electron chi connectivity index (χ1n) is 6.45. The van der Waals surface area contributed by atoms with Crippen molar-refractivity contribution in [3.05, 3.63) is 29.3 Å². The highest BCUT2D eigenvalue weighted by molar-refractivity contribution is 7.92. The van der Waals surface area contributed by atoms with Gasteiger partial charge in [-0.25, -0.2) is 8.42 Å². The van der Waals surface area contributed by atoms with Crippen LogP contribution in [0.25, 0.3) is 0 Å². The van der Waals surface area contributed by atoms with Gasteiger partial charge in [-0.3, -0.25) is 9.52 Å². The smallest absolute Gasteiger partial charge is 0.253 e. The average molecular weight is 334 g/mol. The normalized spacial score (nSPS) is 17.9. The molecule has 0 saturated carbocycles. The van der Waals surface area contributed by atoms with E-state index >= 15 is 0 Å². The number of rotatable bonds is 4. The molecule has 0 aliphatic carbocycles. The van der Waals surface area contributed by atoms with Crippen LogP contribution >= 0.6 is 12.4 Å². The van der Waals surface area contributed by atoms with E-state index in [1.54, 1.807) is 18.2 Å². The van der Waals surface area contributed by atoms with Gasteiger partial charge in [0.25, 0.3) is 5.91 Å². The van der Waals surface area contributed by atoms with Crippen molar-refractivity contribution in [1.29, 1.82) is 0 Å². The molecule has 1 aromatic rings. The van der Waals surface area contributed by atoms with Crippen molar-refractivity contribution in [3.63, 3.8) is 0 Å². The summed E-state index contributed by atoms with van der Waals surface area (Å²) in [6, 6.07) is 5.15. The highest BCUT2D eigenvalue weighted by Gasteiger charge is 2.20. The number of anilines is 1. The summed E-state index contributed by atoms with van der Waals surface area (Å²) in [5.41, 5.74) is 1.56. The second kappa shape index (κ2) is 7.11. The molecule has 3 N–H and O–H groups in total. The number of hydrogen-bond acceptors (Lipinski definition) is 4. The van der Waals surface area contributed by atoms with E-state index < -0.39 is 10.0 Å². The van der Waals surface area contributed by atoms with Crippen molar-refractivity contribution in [3.8, 4) is 0 Å². The Morgan fingerprint density at radius 3 is 2.67 bits per heavy atom. The maximum atomic E-state index is 12.3. The van der Waals surface area contributed by atoms with Crippen molar-refractivity contribution in [2.75, 3.05) is 24.1 Å². The van der Waals surface area contributed by atoms with Gasteiger partial charge in [0.15, 0.2) is 0 Å². The fourth-order valence-corrected chi connectivity index (χ4v) is 2.75. The summed E-state index contributed by atoms with van der Waals surface area (Å²) < 4.78 is 25.1. The van der Waals surface area contributed by atoms with Gasteiger partial charge in [-0.2, -0.15) is 0 Å². The first-order valence-corrected chi connectivity index (χ1v) is 8.34. The molecule has 1 saturated heterocycles. The molecule has 0 radical (unpaired) electrons. The molecular formula is C13H20ClN3O3S. The molecule has 0 bridgehead atoms. The van der Waals surface area contributed by atoms with Gasteiger partial charge in [0.2, 0.25) is 10.0 Å². The molecule has 1 heterocycles. The summed E-state index contributed by atoms with van der Waals surface area (Å²) in [5.74, 6) is -0.256. The van der Waals surface area contributed by atoms with Crippen molar-refractivity contribution in [1.82, 2.24) is 10.6 Å². The Bertz CT molecular complexity index is 613. The number of hydrogen-bond donors (Lipinski definition) is 3. The monoisotopic (exact) mass is 333 g/mol. The largest absolute Gasteiger partial charge is 0.348 e. The van der Waals surface area contributed by atoms with E-state index in [9.17, 15) is 13.2 Å². The molecule has 1 aliphatic rings. The Labute approximate surface area is 131 Å². The maximum absolute atomic E-state index is 12.3. The lowest BCUT2D eigenvalue weighted by molar-refractivity contribution is 0.0941. The number of amides is 1. The number of sulfonamides is 1. The van der Waals surface area contributed by atoms with Crippen molar-refractivity contribution in [2.45, 2.75) is 19.4 Å². The summed E-state index contributed by atoms with van der Waals surface area (Å²) in [5, 5.41) is 6.08. The highest BCUT2D eigenvalue weighted by atomic mass is 35.5. The summed E-state index contributed by atoms with van der Waals surface area (Å²) >= 11 is 0. The lowest BCUT2D eigenvalue weighted by Crippen LogP contribution is -2.36. The van der Waals surface area contributed by atoms with Crippen molar-refractivity contribution >= 4 is 34.0 Å². The van der Waals surface area contributed by atoms with Crippen molar-refractivity contribution in [2.24, 2.45) is 0 Å². The second-order valence-electron chi connectivity index (χ2n) is 5.09. The van der Waals surface area contributed by atoms with Crippen LogP contribution in [0.4, 0.5) is 5.69 Å². The van der Waals surface area contributed by atoms with Crippen LogP contribution in [0.5, 0.6) is 0 Å². The summed E-state index contributed by atoms with van der Waals surface area (Å²) in [6.45, 7) is 3.48. The SMILES string of the molecule is Cc1ccc(NS(C)(=O)=O)c(C(=O)NC2CCNC2)c1.Cl. The van der Waals surface area contributed by atoms with Gasteiger partial charge in [0.05, 0.1) is 17.5 Å². The molecule has 1 aliphatic heterocycles. The van der Waals surface area contributed by atoms with E-state index in [1.165, 1.54) is 0 Å². The molecule has 8 heteroatoms. The van der Waals surface area contributed by atoms with Gasteiger partial charge in [-0.15, -0.1) is 12.4 Å². The van der Waals surface area contributed by atoms with Gasteiger partial charge < -0.3 is 10.6 Å². The van der Waals surface area contributed by atoms with Crippen LogP contribution in [0, 0.1) is 6.92 Å². The lowest BCUT2D eigenvalue weighted by atomic mass is 10.1. The van der Waals surface area contributed by atoms with Crippen molar-refractivity contribution < 1.29 is 13.2 Å². The minimum absolute atomic E-state index is 0. The molecular weight excluding hydrogens is 314 g/mol. The van der Waals surface area contributed by atoms with Gasteiger partial charge >= 0.3 is 0 Å². The predicted molar refractivity (Wildman–Crippen MR) is 85.6 cm³/mol. The van der Waals surface area contributed by atoms with E-state index in [1.807, 2.05) is 6.92 Å². The zero-order chi connectivity index (χ0) is 14.8. The topological polar surface area (TPSA) is 87.3 Å². The third-order valence-electron chi connectivity index (χ3n) is 3.11. The predicted octanol–water partition coefficient (Wildman–Crippen LogP) is 0.880. The second-order valence-corrected chi connectivity index (χ2v) is 6.83. The Morgan fingerprint density at radius 1 is 1.38 bits per heavy atom. The van der Waals surface area contributed by atoms with Crippen LogP contribution in [0.2, 0.25) is 0 Å². The molecule has 118 valence electrons. The van der Waals surface area contributed by atoms with Gasteiger partial charge in [-0.05, 0) is 32.0 Å². The van der Waals surface area contributed by atoms with Crippen LogP contribution in [0.3, 0.4) is 0 Å². The summed E-state index contributed by atoms with van der Waals surface area (Å²) in [6.07, 6.45) is 1.95. The van der Waals surface area contributed by atoms with E-state index in [2.05, 4.69) is 15.4 Å². The van der Waals surface area contributed by atoms with E-state index in [-0.39, 0.29) is 24.4 Å². The Hall–Kier alpha value is -1.31. The van der Waals surface area contributed by atoms with E-state index in [0.29, 0.717) is 11.3 Å². The fourth-order valence-electron chi connectivity index (χ4n) is 2.18. The Balaban J connectivity index is 0.00000220. The number of nitrogens with one attached hydrogen (secondary N) is 3. The first kappa shape index (κ1) is 17.7. The maximum Gasteiger partial charge on any atom is 0.253 e. The lowest BCUT2D eigenvalue weighted by Gasteiger charge is -2.15. The Morgan fingerprint density at radius 2 is 2.10 bits per heavy atom. The molecule has 0 spiro atoms. The van der Waals surface area contributed by atoms with Crippen LogP contribution in [-0.2, 0) is 10.0 Å². The first-order chi connectivity index (χ1) is 9.35. The molecule has 1 fully saturated rings. The molecule has 6 nitrogen and oxygen atoms in total. The standard InChI is InChI=1S/C13H19N3O3S.ClH/c1-9-3-4-12(16-20(2,18)19)11(7-9)13(17)15-10-5-6-14-8-10;/h3-4,7,10,14,16H,5-6,8H2,1-2H3,(H,15,17);1H. The molecule has 1 unspecified atom stereocenters. The minimum Gasteiger partial charge on any atom is -0.348 e. The van der Waals surface area contributed by atoms with Gasteiger partial charge in [0.1, 0.15) is 0 Å². The number of benzene rings is 1. The van der Waals surface area contributed by atoms with E-state index in [0.717, 1.165) is 31.3 Å². The zero-order valence-electron chi connectivity index (χ0n) is 12.0. The Kier molecular flexibility index (Phi) is 6.00. The minimum atomic E-state index is -3.42. The molecule has 1 amide bonds. The van der Waals surface area contributed by atoms with E-state index in [4.69, 9.17) is 0 Å². The number of halogens is 1.